The highest BCUT2D eigenvalue weighted by Gasteiger charge is 2.32. The average molecular weight is 497 g/mol. The van der Waals surface area contributed by atoms with E-state index in [1.54, 1.807) is 0 Å². The Balaban J connectivity index is 2.03. The van der Waals surface area contributed by atoms with Crippen molar-refractivity contribution in [3.05, 3.63) is 62.5 Å². The van der Waals surface area contributed by atoms with Gasteiger partial charge in [0.1, 0.15) is 5.75 Å². The highest BCUT2D eigenvalue weighted by molar-refractivity contribution is 9.10. The third-order valence-corrected chi connectivity index (χ3v) is 6.23. The summed E-state index contributed by atoms with van der Waals surface area (Å²) < 4.78 is 7.97. The van der Waals surface area contributed by atoms with Crippen LogP contribution in [0, 0.1) is 5.92 Å². The van der Waals surface area contributed by atoms with Gasteiger partial charge in [0.2, 0.25) is 0 Å². The molecule has 2 aromatic carbocycles. The number of benzene rings is 2. The number of rotatable bonds is 6. The largest absolute Gasteiger partial charge is 0.494 e. The summed E-state index contributed by atoms with van der Waals surface area (Å²) in [6, 6.07) is 14.3. The molecule has 1 aliphatic heterocycles. The van der Waals surface area contributed by atoms with Gasteiger partial charge < -0.3 is 9.84 Å². The van der Waals surface area contributed by atoms with E-state index in [0.717, 1.165) is 38.9 Å². The first-order valence-electron chi connectivity index (χ1n) is 9.14. The van der Waals surface area contributed by atoms with Gasteiger partial charge in [0.25, 0.3) is 0 Å². The molecule has 0 bridgehead atoms. The average Bonchev–Trinajstić information content (AvgIpc) is 2.66. The zero-order chi connectivity index (χ0) is 19.4. The van der Waals surface area contributed by atoms with Gasteiger partial charge in [0.15, 0.2) is 0 Å². The SMILES string of the molecule is CCOc1ccc(Br)cc1C(c1ccccc1Br)N1CCC(C(=O)O)CC1. The topological polar surface area (TPSA) is 49.8 Å². The second-order valence-electron chi connectivity index (χ2n) is 6.69. The lowest BCUT2D eigenvalue weighted by molar-refractivity contribution is -0.143. The number of carboxylic acids is 1. The molecule has 0 aliphatic carbocycles. The third-order valence-electron chi connectivity index (χ3n) is 5.01. The molecule has 1 fully saturated rings. The van der Waals surface area contributed by atoms with Crippen LogP contribution < -0.4 is 4.74 Å². The third kappa shape index (κ3) is 4.73. The fourth-order valence-corrected chi connectivity index (χ4v) is 4.56. The van der Waals surface area contributed by atoms with Gasteiger partial charge in [0.05, 0.1) is 18.6 Å². The van der Waals surface area contributed by atoms with Gasteiger partial charge in [-0.1, -0.05) is 50.1 Å². The maximum atomic E-state index is 11.4. The first kappa shape index (κ1) is 20.4. The molecular weight excluding hydrogens is 474 g/mol. The number of nitrogens with zero attached hydrogens (tertiary/aromatic N) is 1. The maximum Gasteiger partial charge on any atom is 0.306 e. The maximum absolute atomic E-state index is 11.4. The van der Waals surface area contributed by atoms with Gasteiger partial charge in [-0.3, -0.25) is 9.69 Å². The number of piperidine rings is 1. The lowest BCUT2D eigenvalue weighted by atomic mass is 9.91. The van der Waals surface area contributed by atoms with Crippen molar-refractivity contribution in [3.8, 4) is 5.75 Å². The molecule has 144 valence electrons. The van der Waals surface area contributed by atoms with Crippen LogP contribution in [0.5, 0.6) is 5.75 Å². The molecule has 27 heavy (non-hydrogen) atoms. The second-order valence-corrected chi connectivity index (χ2v) is 8.46. The molecule has 0 saturated carbocycles. The van der Waals surface area contributed by atoms with E-state index in [1.165, 1.54) is 0 Å². The molecule has 2 aromatic rings. The van der Waals surface area contributed by atoms with E-state index in [2.05, 4.69) is 48.9 Å². The van der Waals surface area contributed by atoms with Crippen molar-refractivity contribution < 1.29 is 14.6 Å². The molecule has 3 rings (SSSR count). The number of aliphatic carboxylic acids is 1. The summed E-state index contributed by atoms with van der Waals surface area (Å²) >= 11 is 7.30. The van der Waals surface area contributed by atoms with E-state index in [9.17, 15) is 9.90 Å². The van der Waals surface area contributed by atoms with Crippen LogP contribution in [-0.4, -0.2) is 35.7 Å². The summed E-state index contributed by atoms with van der Waals surface area (Å²) in [6.45, 7) is 4.05. The number of hydrogen-bond donors (Lipinski definition) is 1. The summed E-state index contributed by atoms with van der Waals surface area (Å²) in [7, 11) is 0. The highest BCUT2D eigenvalue weighted by Crippen LogP contribution is 2.40. The summed E-state index contributed by atoms with van der Waals surface area (Å²) in [5.74, 6) is -0.0821. The number of carbonyl (C=O) groups is 1. The van der Waals surface area contributed by atoms with Crippen molar-refractivity contribution >= 4 is 37.8 Å². The van der Waals surface area contributed by atoms with E-state index in [-0.39, 0.29) is 12.0 Å². The smallest absolute Gasteiger partial charge is 0.306 e. The normalized spacial score (nSPS) is 16.9. The zero-order valence-corrected chi connectivity index (χ0v) is 18.4. The van der Waals surface area contributed by atoms with Crippen LogP contribution in [-0.2, 0) is 4.79 Å². The Morgan fingerprint density at radius 2 is 1.89 bits per heavy atom. The Bertz CT molecular complexity index is 804. The Labute approximate surface area is 176 Å². The minimum atomic E-state index is -0.690. The van der Waals surface area contributed by atoms with Gasteiger partial charge >= 0.3 is 5.97 Å². The number of hydrogen-bond acceptors (Lipinski definition) is 3. The van der Waals surface area contributed by atoms with Crippen molar-refractivity contribution in [2.24, 2.45) is 5.92 Å². The monoisotopic (exact) mass is 495 g/mol. The number of ether oxygens (including phenoxy) is 1. The van der Waals surface area contributed by atoms with Crippen molar-refractivity contribution in [1.29, 1.82) is 0 Å². The van der Waals surface area contributed by atoms with Gasteiger partial charge in [-0.2, -0.15) is 0 Å². The lowest BCUT2D eigenvalue weighted by Gasteiger charge is -2.38. The first-order chi connectivity index (χ1) is 13.0. The Kier molecular flexibility index (Phi) is 6.95. The summed E-state index contributed by atoms with van der Waals surface area (Å²) in [4.78, 5) is 13.7. The Hall–Kier alpha value is -1.37. The summed E-state index contributed by atoms with van der Waals surface area (Å²) in [5.41, 5.74) is 2.25. The van der Waals surface area contributed by atoms with Crippen LogP contribution in [0.1, 0.15) is 36.9 Å². The summed E-state index contributed by atoms with van der Waals surface area (Å²) in [5, 5.41) is 9.34. The minimum absolute atomic E-state index is 0.00521. The van der Waals surface area contributed by atoms with Crippen LogP contribution in [0.25, 0.3) is 0 Å². The van der Waals surface area contributed by atoms with Crippen molar-refractivity contribution in [2.75, 3.05) is 19.7 Å². The molecule has 1 saturated heterocycles. The molecule has 0 radical (unpaired) electrons. The highest BCUT2D eigenvalue weighted by atomic mass is 79.9. The van der Waals surface area contributed by atoms with Crippen molar-refractivity contribution in [3.63, 3.8) is 0 Å². The Morgan fingerprint density at radius 3 is 2.52 bits per heavy atom. The van der Waals surface area contributed by atoms with Gasteiger partial charge in [-0.25, -0.2) is 0 Å². The predicted octanol–water partition coefficient (Wildman–Crippen LogP) is 5.50. The van der Waals surface area contributed by atoms with Crippen LogP contribution in [0.4, 0.5) is 0 Å². The fourth-order valence-electron chi connectivity index (χ4n) is 3.68. The minimum Gasteiger partial charge on any atom is -0.494 e. The molecule has 1 heterocycles. The van der Waals surface area contributed by atoms with E-state index >= 15 is 0 Å². The van der Waals surface area contributed by atoms with E-state index in [4.69, 9.17) is 4.74 Å². The molecule has 0 amide bonds. The van der Waals surface area contributed by atoms with E-state index in [1.807, 2.05) is 37.3 Å². The quantitative estimate of drug-likeness (QED) is 0.573. The number of carboxylic acid groups (broad SMARTS) is 1. The molecule has 1 atom stereocenters. The standard InChI is InChI=1S/C21H23Br2NO3/c1-2-27-19-8-7-15(22)13-17(19)20(16-5-3-4-6-18(16)23)24-11-9-14(10-12-24)21(25)26/h3-8,13-14,20H,2,9-12H2,1H3,(H,25,26). The number of likely N-dealkylation sites (tertiary alicyclic amines) is 1. The van der Waals surface area contributed by atoms with E-state index in [0.29, 0.717) is 19.4 Å². The summed E-state index contributed by atoms with van der Waals surface area (Å²) in [6.07, 6.45) is 1.32. The van der Waals surface area contributed by atoms with Crippen LogP contribution >= 0.6 is 31.9 Å². The fraction of sp³-hybridized carbons (Fsp3) is 0.381. The molecule has 0 aromatic heterocycles. The Morgan fingerprint density at radius 1 is 1.19 bits per heavy atom. The van der Waals surface area contributed by atoms with E-state index < -0.39 is 5.97 Å². The van der Waals surface area contributed by atoms with Gasteiger partial charge in [-0.05, 0) is 62.7 Å². The molecule has 0 spiro atoms. The van der Waals surface area contributed by atoms with Gasteiger partial charge in [0, 0.05) is 14.5 Å². The van der Waals surface area contributed by atoms with Crippen LogP contribution in [0.15, 0.2) is 51.4 Å². The zero-order valence-electron chi connectivity index (χ0n) is 15.2. The number of halogens is 2. The van der Waals surface area contributed by atoms with Crippen LogP contribution in [0.3, 0.4) is 0 Å². The molecule has 1 aliphatic rings. The van der Waals surface area contributed by atoms with Gasteiger partial charge in [-0.15, -0.1) is 0 Å². The molecule has 1 N–H and O–H groups in total. The molecule has 4 nitrogen and oxygen atoms in total. The second kappa shape index (κ2) is 9.22. The molecular formula is C21H23Br2NO3. The predicted molar refractivity (Wildman–Crippen MR) is 113 cm³/mol. The lowest BCUT2D eigenvalue weighted by Crippen LogP contribution is -2.39. The van der Waals surface area contributed by atoms with Crippen LogP contribution in [0.2, 0.25) is 0 Å². The molecule has 6 heteroatoms. The van der Waals surface area contributed by atoms with Crippen molar-refractivity contribution in [2.45, 2.75) is 25.8 Å². The van der Waals surface area contributed by atoms with Crippen molar-refractivity contribution in [1.82, 2.24) is 4.90 Å². The molecule has 1 unspecified atom stereocenters. The first-order valence-corrected chi connectivity index (χ1v) is 10.7.